The molecule has 8 heteroatoms. The van der Waals surface area contributed by atoms with Crippen LogP contribution in [0.2, 0.25) is 0 Å². The monoisotopic (exact) mass is 315 g/mol. The Morgan fingerprint density at radius 1 is 1.65 bits per heavy atom. The Kier molecular flexibility index (Phi) is 6.21. The second-order valence-electron chi connectivity index (χ2n) is 4.80. The topological polar surface area (TPSA) is 70.2 Å². The van der Waals surface area contributed by atoms with Gasteiger partial charge in [0.1, 0.15) is 0 Å². The second-order valence-corrected chi connectivity index (χ2v) is 6.62. The fraction of sp³-hybridized carbons (Fsp3) is 0.750. The molecule has 1 atom stereocenters. The third-order valence-corrected chi connectivity index (χ3v) is 4.87. The SMILES string of the molecule is CCCSc1nsc(NC(=O)CN2CCNCC2C)n1. The lowest BCUT2D eigenvalue weighted by Gasteiger charge is -2.33. The van der Waals surface area contributed by atoms with E-state index in [4.69, 9.17) is 0 Å². The molecule has 112 valence electrons. The van der Waals surface area contributed by atoms with Gasteiger partial charge < -0.3 is 5.32 Å². The first-order chi connectivity index (χ1) is 9.69. The number of hydrogen-bond donors (Lipinski definition) is 2. The van der Waals surface area contributed by atoms with Gasteiger partial charge >= 0.3 is 0 Å². The normalized spacial score (nSPS) is 20.0. The molecular formula is C12H21N5OS2. The van der Waals surface area contributed by atoms with E-state index in [1.807, 2.05) is 0 Å². The van der Waals surface area contributed by atoms with Crippen LogP contribution in [0.15, 0.2) is 5.16 Å². The number of thioether (sulfide) groups is 1. The molecule has 0 radical (unpaired) electrons. The van der Waals surface area contributed by atoms with E-state index < -0.39 is 0 Å². The van der Waals surface area contributed by atoms with Crippen molar-refractivity contribution in [2.75, 3.05) is 37.2 Å². The van der Waals surface area contributed by atoms with Gasteiger partial charge in [0.15, 0.2) is 0 Å². The quantitative estimate of drug-likeness (QED) is 0.771. The highest BCUT2D eigenvalue weighted by Crippen LogP contribution is 2.20. The van der Waals surface area contributed by atoms with Crippen molar-refractivity contribution in [2.45, 2.75) is 31.5 Å². The van der Waals surface area contributed by atoms with Crippen LogP contribution in [0.3, 0.4) is 0 Å². The molecule has 0 aromatic carbocycles. The molecule has 0 spiro atoms. The van der Waals surface area contributed by atoms with Crippen LogP contribution in [0.25, 0.3) is 0 Å². The number of nitrogens with one attached hydrogen (secondary N) is 2. The van der Waals surface area contributed by atoms with Gasteiger partial charge in [0.05, 0.1) is 6.54 Å². The number of piperazine rings is 1. The van der Waals surface area contributed by atoms with Crippen LogP contribution in [0.1, 0.15) is 20.3 Å². The molecule has 0 saturated carbocycles. The predicted octanol–water partition coefficient (Wildman–Crippen LogP) is 1.27. The fourth-order valence-electron chi connectivity index (χ4n) is 1.97. The average molecular weight is 315 g/mol. The zero-order valence-electron chi connectivity index (χ0n) is 11.9. The Labute approximate surface area is 127 Å². The third kappa shape index (κ3) is 4.69. The fourth-order valence-corrected chi connectivity index (χ4v) is 3.39. The van der Waals surface area contributed by atoms with Crippen LogP contribution in [-0.2, 0) is 4.79 Å². The maximum Gasteiger partial charge on any atom is 0.240 e. The summed E-state index contributed by atoms with van der Waals surface area (Å²) in [4.78, 5) is 18.5. The van der Waals surface area contributed by atoms with E-state index in [1.54, 1.807) is 11.8 Å². The maximum atomic E-state index is 12.0. The molecule has 1 fully saturated rings. The molecule has 2 heterocycles. The highest BCUT2D eigenvalue weighted by Gasteiger charge is 2.20. The summed E-state index contributed by atoms with van der Waals surface area (Å²) >= 11 is 2.87. The van der Waals surface area contributed by atoms with Crippen molar-refractivity contribution in [3.8, 4) is 0 Å². The van der Waals surface area contributed by atoms with Gasteiger partial charge in [-0.25, -0.2) is 0 Å². The highest BCUT2D eigenvalue weighted by molar-refractivity contribution is 7.99. The summed E-state index contributed by atoms with van der Waals surface area (Å²) in [5.41, 5.74) is 0. The van der Waals surface area contributed by atoms with Gasteiger partial charge in [-0.05, 0) is 13.3 Å². The average Bonchev–Trinajstić information content (AvgIpc) is 2.86. The number of carbonyl (C=O) groups excluding carboxylic acids is 1. The minimum Gasteiger partial charge on any atom is -0.314 e. The lowest BCUT2D eigenvalue weighted by molar-refractivity contribution is -0.118. The Bertz CT molecular complexity index is 439. The maximum absolute atomic E-state index is 12.0. The highest BCUT2D eigenvalue weighted by atomic mass is 32.2. The van der Waals surface area contributed by atoms with E-state index in [0.717, 1.165) is 37.0 Å². The van der Waals surface area contributed by atoms with Crippen LogP contribution >= 0.6 is 23.3 Å². The van der Waals surface area contributed by atoms with E-state index >= 15 is 0 Å². The van der Waals surface area contributed by atoms with E-state index in [9.17, 15) is 4.79 Å². The van der Waals surface area contributed by atoms with Gasteiger partial charge in [-0.15, -0.1) is 0 Å². The van der Waals surface area contributed by atoms with E-state index in [1.165, 1.54) is 11.5 Å². The van der Waals surface area contributed by atoms with Crippen molar-refractivity contribution in [1.82, 2.24) is 19.6 Å². The Morgan fingerprint density at radius 2 is 2.50 bits per heavy atom. The van der Waals surface area contributed by atoms with E-state index in [0.29, 0.717) is 17.7 Å². The summed E-state index contributed by atoms with van der Waals surface area (Å²) in [5.74, 6) is 0.990. The molecule has 1 aliphatic rings. The minimum absolute atomic E-state index is 0.0121. The Balaban J connectivity index is 1.80. The molecule has 20 heavy (non-hydrogen) atoms. The number of rotatable bonds is 6. The Morgan fingerprint density at radius 3 is 3.25 bits per heavy atom. The van der Waals surface area contributed by atoms with Crippen LogP contribution in [0.5, 0.6) is 0 Å². The van der Waals surface area contributed by atoms with E-state index in [-0.39, 0.29) is 5.91 Å². The lowest BCUT2D eigenvalue weighted by Crippen LogP contribution is -2.51. The zero-order valence-corrected chi connectivity index (χ0v) is 13.5. The predicted molar refractivity (Wildman–Crippen MR) is 83.5 cm³/mol. The molecule has 1 unspecified atom stereocenters. The molecule has 1 saturated heterocycles. The molecule has 1 amide bonds. The van der Waals surface area contributed by atoms with Gasteiger partial charge in [-0.2, -0.15) is 9.36 Å². The van der Waals surface area contributed by atoms with Crippen LogP contribution in [0, 0.1) is 0 Å². The number of carbonyl (C=O) groups is 1. The molecular weight excluding hydrogens is 294 g/mol. The number of amides is 1. The molecule has 6 nitrogen and oxygen atoms in total. The largest absolute Gasteiger partial charge is 0.314 e. The van der Waals surface area contributed by atoms with Crippen molar-refractivity contribution in [2.24, 2.45) is 0 Å². The zero-order chi connectivity index (χ0) is 14.4. The smallest absolute Gasteiger partial charge is 0.240 e. The molecule has 2 rings (SSSR count). The van der Waals surface area contributed by atoms with Crippen LogP contribution in [-0.4, -0.2) is 58.1 Å². The number of anilines is 1. The Hall–Kier alpha value is -0.700. The van der Waals surface area contributed by atoms with Crippen molar-refractivity contribution in [3.63, 3.8) is 0 Å². The molecule has 1 aliphatic heterocycles. The van der Waals surface area contributed by atoms with Crippen molar-refractivity contribution >= 4 is 34.3 Å². The standard InChI is InChI=1S/C12H21N5OS2/c1-3-6-19-12-15-11(20-16-12)14-10(18)8-17-5-4-13-7-9(17)2/h9,13H,3-8H2,1-2H3,(H,14,15,16,18). The number of nitrogens with zero attached hydrogens (tertiary/aromatic N) is 3. The summed E-state index contributed by atoms with van der Waals surface area (Å²) in [7, 11) is 0. The first-order valence-electron chi connectivity index (χ1n) is 6.90. The van der Waals surface area contributed by atoms with Crippen LogP contribution < -0.4 is 10.6 Å². The lowest BCUT2D eigenvalue weighted by atomic mass is 10.2. The summed E-state index contributed by atoms with van der Waals surface area (Å²) < 4.78 is 4.22. The van der Waals surface area contributed by atoms with Gasteiger partial charge in [0, 0.05) is 43.0 Å². The molecule has 2 N–H and O–H groups in total. The van der Waals surface area contributed by atoms with Crippen molar-refractivity contribution < 1.29 is 4.79 Å². The molecule has 1 aromatic heterocycles. The third-order valence-electron chi connectivity index (χ3n) is 3.07. The molecule has 1 aromatic rings. The van der Waals surface area contributed by atoms with Gasteiger partial charge in [-0.1, -0.05) is 18.7 Å². The van der Waals surface area contributed by atoms with Crippen molar-refractivity contribution in [1.29, 1.82) is 0 Å². The van der Waals surface area contributed by atoms with E-state index in [2.05, 4.69) is 38.7 Å². The first kappa shape index (κ1) is 15.7. The number of hydrogen-bond acceptors (Lipinski definition) is 7. The summed E-state index contributed by atoms with van der Waals surface area (Å²) in [6.07, 6.45) is 1.09. The first-order valence-corrected chi connectivity index (χ1v) is 8.66. The summed E-state index contributed by atoms with van der Waals surface area (Å²) in [5, 5.41) is 7.50. The van der Waals surface area contributed by atoms with Gasteiger partial charge in [0.2, 0.25) is 16.2 Å². The minimum atomic E-state index is -0.0121. The number of aromatic nitrogens is 2. The van der Waals surface area contributed by atoms with Crippen molar-refractivity contribution in [3.05, 3.63) is 0 Å². The molecule has 0 aliphatic carbocycles. The second kappa shape index (κ2) is 7.92. The molecule has 0 bridgehead atoms. The van der Waals surface area contributed by atoms with Crippen LogP contribution in [0.4, 0.5) is 5.13 Å². The van der Waals surface area contributed by atoms with Gasteiger partial charge in [-0.3, -0.25) is 15.0 Å². The van der Waals surface area contributed by atoms with Gasteiger partial charge in [0.25, 0.3) is 0 Å². The summed E-state index contributed by atoms with van der Waals surface area (Å²) in [6.45, 7) is 7.45. The summed E-state index contributed by atoms with van der Waals surface area (Å²) in [6, 6.07) is 0.389.